The first kappa shape index (κ1) is 21.7. The number of fused-ring (bicyclic) bond motifs is 1. The van der Waals surface area contributed by atoms with E-state index in [-0.39, 0.29) is 11.4 Å². The predicted octanol–water partition coefficient (Wildman–Crippen LogP) is -0.0443. The molecule has 3 rings (SSSR count). The number of aryl methyl sites for hydroxylation is 1. The van der Waals surface area contributed by atoms with E-state index in [1.165, 1.54) is 0 Å². The zero-order chi connectivity index (χ0) is 21.3. The van der Waals surface area contributed by atoms with E-state index in [1.807, 2.05) is 18.2 Å². The molecule has 9 nitrogen and oxygen atoms in total. The zero-order valence-electron chi connectivity index (χ0n) is 16.3. The zero-order valence-corrected chi connectivity index (χ0v) is 16.3. The number of hydrogen-bond donors (Lipinski definition) is 6. The third kappa shape index (κ3) is 4.16. The highest BCUT2D eigenvalue weighted by Crippen LogP contribution is 2.34. The van der Waals surface area contributed by atoms with Crippen LogP contribution in [0.3, 0.4) is 0 Å². The number of carbonyl (C=O) groups excluding carboxylic acids is 1. The molecule has 1 fully saturated rings. The predicted molar refractivity (Wildman–Crippen MR) is 102 cm³/mol. The summed E-state index contributed by atoms with van der Waals surface area (Å²) in [7, 11) is 0. The molecule has 1 saturated heterocycles. The van der Waals surface area contributed by atoms with Crippen LogP contribution in [0.5, 0.6) is 5.75 Å². The van der Waals surface area contributed by atoms with Crippen LogP contribution in [-0.4, -0.2) is 67.2 Å². The highest BCUT2D eigenvalue weighted by Gasteiger charge is 2.56. The van der Waals surface area contributed by atoms with Crippen LogP contribution in [0.1, 0.15) is 31.5 Å². The molecule has 6 N–H and O–H groups in total. The molecule has 1 aromatic heterocycles. The largest absolute Gasteiger partial charge is 0.422 e. The summed E-state index contributed by atoms with van der Waals surface area (Å²) >= 11 is 0. The second kappa shape index (κ2) is 8.39. The van der Waals surface area contributed by atoms with Gasteiger partial charge in [-0.3, -0.25) is 0 Å². The van der Waals surface area contributed by atoms with E-state index >= 15 is 0 Å². The monoisotopic (exact) mass is 409 g/mol. The van der Waals surface area contributed by atoms with Crippen LogP contribution in [-0.2, 0) is 22.6 Å². The van der Waals surface area contributed by atoms with Crippen molar-refractivity contribution in [2.75, 3.05) is 6.61 Å². The maximum absolute atomic E-state index is 12.6. The van der Waals surface area contributed by atoms with Crippen molar-refractivity contribution in [3.63, 3.8) is 0 Å². The van der Waals surface area contributed by atoms with Gasteiger partial charge in [0.2, 0.25) is 5.79 Å². The number of benzene rings is 1. The standard InChI is InChI=1S/C20H27NO8/c1-10(2)3-4-11-5-6-13-12(7-11)16(14(8-22)21-13)28-19(26)17-15(24)18(25)20(27,9-23)29-17/h5-7,10,15,17-18,21-25,27H,3-4,8-9H2,1-2H3/t15-,17+,18+,20-/m0/s1. The fraction of sp³-hybridized carbons (Fsp3) is 0.550. The molecule has 4 atom stereocenters. The molecule has 0 aliphatic carbocycles. The summed E-state index contributed by atoms with van der Waals surface area (Å²) in [6, 6.07) is 5.65. The van der Waals surface area contributed by atoms with Crippen LogP contribution in [0, 0.1) is 5.92 Å². The van der Waals surface area contributed by atoms with Crippen LogP contribution in [0.4, 0.5) is 0 Å². The Morgan fingerprint density at radius 3 is 2.62 bits per heavy atom. The van der Waals surface area contributed by atoms with E-state index in [0.717, 1.165) is 18.4 Å². The smallest absolute Gasteiger partial charge is 0.343 e. The maximum atomic E-state index is 12.6. The van der Waals surface area contributed by atoms with E-state index in [9.17, 15) is 30.3 Å². The van der Waals surface area contributed by atoms with Crippen molar-refractivity contribution in [1.82, 2.24) is 4.98 Å². The van der Waals surface area contributed by atoms with Gasteiger partial charge in [0.05, 0.1) is 18.9 Å². The second-order valence-corrected chi connectivity index (χ2v) is 7.80. The summed E-state index contributed by atoms with van der Waals surface area (Å²) in [5.74, 6) is -2.92. The fourth-order valence-corrected chi connectivity index (χ4v) is 3.38. The molecule has 1 aliphatic heterocycles. The van der Waals surface area contributed by atoms with Gasteiger partial charge in [0.25, 0.3) is 0 Å². The minimum atomic E-state index is -2.47. The molecule has 0 saturated carbocycles. The summed E-state index contributed by atoms with van der Waals surface area (Å²) in [5, 5.41) is 49.2. The number of hydrogen-bond acceptors (Lipinski definition) is 8. The van der Waals surface area contributed by atoms with Crippen molar-refractivity contribution in [2.24, 2.45) is 5.92 Å². The van der Waals surface area contributed by atoms with Gasteiger partial charge in [-0.1, -0.05) is 19.9 Å². The number of carbonyl (C=O) groups is 1. The third-order valence-electron chi connectivity index (χ3n) is 5.15. The van der Waals surface area contributed by atoms with E-state index in [0.29, 0.717) is 16.8 Å². The molecule has 2 heterocycles. The SMILES string of the molecule is CC(C)CCc1ccc2[nH]c(CO)c(OC(=O)[C@@H]3O[C@@](O)(CO)[C@H](O)[C@H]3O)c2c1. The molecule has 1 aromatic carbocycles. The quantitative estimate of drug-likeness (QED) is 0.348. The Morgan fingerprint density at radius 2 is 2.03 bits per heavy atom. The van der Waals surface area contributed by atoms with Gasteiger partial charge in [-0.25, -0.2) is 4.79 Å². The number of rotatable bonds is 7. The number of aliphatic hydroxyl groups excluding tert-OH is 4. The number of aromatic amines is 1. The maximum Gasteiger partial charge on any atom is 0.343 e. The molecule has 9 heteroatoms. The molecule has 29 heavy (non-hydrogen) atoms. The van der Waals surface area contributed by atoms with Crippen molar-refractivity contribution in [3.05, 3.63) is 29.5 Å². The molecule has 160 valence electrons. The Bertz CT molecular complexity index is 879. The van der Waals surface area contributed by atoms with Crippen LogP contribution in [0.25, 0.3) is 10.9 Å². The topological polar surface area (TPSA) is 152 Å². The second-order valence-electron chi connectivity index (χ2n) is 7.80. The number of ether oxygens (including phenoxy) is 2. The van der Waals surface area contributed by atoms with Crippen molar-refractivity contribution in [3.8, 4) is 5.75 Å². The van der Waals surface area contributed by atoms with Gasteiger partial charge >= 0.3 is 5.97 Å². The van der Waals surface area contributed by atoms with Gasteiger partial charge in [-0.2, -0.15) is 0 Å². The van der Waals surface area contributed by atoms with Gasteiger partial charge in [-0.15, -0.1) is 0 Å². The van der Waals surface area contributed by atoms with Crippen LogP contribution < -0.4 is 4.74 Å². The summed E-state index contributed by atoms with van der Waals surface area (Å²) in [6.07, 6.45) is -3.56. The molecule has 0 bridgehead atoms. The molecule has 0 unspecified atom stereocenters. The van der Waals surface area contributed by atoms with E-state index in [1.54, 1.807) is 0 Å². The summed E-state index contributed by atoms with van der Waals surface area (Å²) in [6.45, 7) is 2.82. The molecule has 1 aliphatic rings. The van der Waals surface area contributed by atoms with Crippen LogP contribution in [0.2, 0.25) is 0 Å². The van der Waals surface area contributed by atoms with Crippen LogP contribution >= 0.6 is 0 Å². The molecule has 0 spiro atoms. The molecular formula is C20H27NO8. The number of nitrogens with one attached hydrogen (secondary N) is 1. The van der Waals surface area contributed by atoms with Crippen molar-refractivity contribution in [2.45, 2.75) is 57.4 Å². The molecule has 2 aromatic rings. The lowest BCUT2D eigenvalue weighted by Gasteiger charge is -2.22. The van der Waals surface area contributed by atoms with Crippen molar-refractivity contribution < 1.29 is 39.8 Å². The first-order chi connectivity index (χ1) is 13.7. The highest BCUT2D eigenvalue weighted by molar-refractivity contribution is 5.91. The van der Waals surface area contributed by atoms with Gasteiger partial charge in [0.1, 0.15) is 12.2 Å². The lowest BCUT2D eigenvalue weighted by molar-refractivity contribution is -0.246. The van der Waals surface area contributed by atoms with Crippen molar-refractivity contribution in [1.29, 1.82) is 0 Å². The lowest BCUT2D eigenvalue weighted by Crippen LogP contribution is -2.46. The number of aromatic nitrogens is 1. The van der Waals surface area contributed by atoms with Crippen molar-refractivity contribution >= 4 is 16.9 Å². The van der Waals surface area contributed by atoms with E-state index < -0.39 is 43.3 Å². The van der Waals surface area contributed by atoms with Crippen LogP contribution in [0.15, 0.2) is 18.2 Å². The lowest BCUT2D eigenvalue weighted by atomic mass is 10.0. The first-order valence-corrected chi connectivity index (χ1v) is 9.53. The third-order valence-corrected chi connectivity index (χ3v) is 5.15. The van der Waals surface area contributed by atoms with Gasteiger partial charge in [0.15, 0.2) is 11.9 Å². The fourth-order valence-electron chi connectivity index (χ4n) is 3.38. The highest BCUT2D eigenvalue weighted by atomic mass is 16.7. The van der Waals surface area contributed by atoms with E-state index in [2.05, 4.69) is 18.8 Å². The number of aliphatic hydroxyl groups is 5. The van der Waals surface area contributed by atoms with Gasteiger partial charge < -0.3 is 40.0 Å². The summed E-state index contributed by atoms with van der Waals surface area (Å²) in [4.78, 5) is 15.6. The molecule has 0 amide bonds. The van der Waals surface area contributed by atoms with Gasteiger partial charge in [-0.05, 0) is 36.5 Å². The average Bonchev–Trinajstić information content (AvgIpc) is 3.16. The Morgan fingerprint density at radius 1 is 1.31 bits per heavy atom. The normalized spacial score (nSPS) is 27.1. The minimum Gasteiger partial charge on any atom is -0.422 e. The Kier molecular flexibility index (Phi) is 6.27. The Hall–Kier alpha value is -2.01. The summed E-state index contributed by atoms with van der Waals surface area (Å²) in [5.41, 5.74) is 1.96. The van der Waals surface area contributed by atoms with E-state index in [4.69, 9.17) is 9.47 Å². The Labute approximate surface area is 167 Å². The Balaban J connectivity index is 1.88. The van der Waals surface area contributed by atoms with Gasteiger partial charge in [0, 0.05) is 10.9 Å². The minimum absolute atomic E-state index is 0.0867. The summed E-state index contributed by atoms with van der Waals surface area (Å²) < 4.78 is 10.4. The number of H-pyrrole nitrogens is 1. The average molecular weight is 409 g/mol. The first-order valence-electron chi connectivity index (χ1n) is 9.53. The molecule has 0 radical (unpaired) electrons. The number of esters is 1. The molecular weight excluding hydrogens is 382 g/mol.